The first-order chi connectivity index (χ1) is 9.88. The standard InChI is InChI=1S/C14H21F3N4/c1-3-8-18-12-19-10(14(15,16)17)9-11(20-12)21-13(4-2)6-5-7-13/h9H,3-8H2,1-2H3,(H2,18,19,20,21). The summed E-state index contributed by atoms with van der Waals surface area (Å²) in [5, 5.41) is 6.00. The largest absolute Gasteiger partial charge is 0.433 e. The van der Waals surface area contributed by atoms with E-state index in [0.717, 1.165) is 38.2 Å². The van der Waals surface area contributed by atoms with Gasteiger partial charge in [0.2, 0.25) is 5.95 Å². The van der Waals surface area contributed by atoms with Crippen molar-refractivity contribution in [3.05, 3.63) is 11.8 Å². The molecule has 0 saturated heterocycles. The van der Waals surface area contributed by atoms with E-state index in [-0.39, 0.29) is 17.3 Å². The Bertz CT molecular complexity index is 478. The molecule has 1 aromatic heterocycles. The Morgan fingerprint density at radius 2 is 1.95 bits per heavy atom. The maximum atomic E-state index is 12.9. The van der Waals surface area contributed by atoms with Crippen molar-refractivity contribution in [1.29, 1.82) is 0 Å². The molecule has 0 aromatic carbocycles. The summed E-state index contributed by atoms with van der Waals surface area (Å²) in [5.41, 5.74) is -1.02. The summed E-state index contributed by atoms with van der Waals surface area (Å²) in [5.74, 6) is 0.275. The van der Waals surface area contributed by atoms with E-state index >= 15 is 0 Å². The van der Waals surface area contributed by atoms with E-state index in [4.69, 9.17) is 0 Å². The van der Waals surface area contributed by atoms with Gasteiger partial charge in [0.15, 0.2) is 5.69 Å². The lowest BCUT2D eigenvalue weighted by Gasteiger charge is -2.42. The molecule has 1 aliphatic rings. The normalized spacial score (nSPS) is 17.2. The molecule has 0 unspecified atom stereocenters. The van der Waals surface area contributed by atoms with E-state index in [9.17, 15) is 13.2 Å². The van der Waals surface area contributed by atoms with Crippen LogP contribution >= 0.6 is 0 Å². The Morgan fingerprint density at radius 1 is 1.24 bits per heavy atom. The van der Waals surface area contributed by atoms with Crippen LogP contribution in [0.25, 0.3) is 0 Å². The molecule has 1 heterocycles. The van der Waals surface area contributed by atoms with Gasteiger partial charge in [-0.3, -0.25) is 0 Å². The lowest BCUT2D eigenvalue weighted by molar-refractivity contribution is -0.141. The van der Waals surface area contributed by atoms with Gasteiger partial charge in [0.1, 0.15) is 5.82 Å². The van der Waals surface area contributed by atoms with Gasteiger partial charge in [-0.25, -0.2) is 4.98 Å². The summed E-state index contributed by atoms with van der Waals surface area (Å²) in [6, 6.07) is 0.993. The number of nitrogens with zero attached hydrogens (tertiary/aromatic N) is 2. The minimum atomic E-state index is -4.47. The molecule has 0 radical (unpaired) electrons. The maximum absolute atomic E-state index is 12.9. The van der Waals surface area contributed by atoms with Crippen LogP contribution in [0, 0.1) is 0 Å². The summed E-state index contributed by atoms with van der Waals surface area (Å²) < 4.78 is 38.8. The second-order valence-electron chi connectivity index (χ2n) is 5.50. The maximum Gasteiger partial charge on any atom is 0.433 e. The van der Waals surface area contributed by atoms with Crippen molar-refractivity contribution < 1.29 is 13.2 Å². The van der Waals surface area contributed by atoms with Crippen LogP contribution in [0.1, 0.15) is 51.6 Å². The summed E-state index contributed by atoms with van der Waals surface area (Å²) in [6.45, 7) is 4.51. The molecule has 0 aliphatic heterocycles. The number of halogens is 3. The van der Waals surface area contributed by atoms with Crippen LogP contribution in [0.5, 0.6) is 0 Å². The number of alkyl halides is 3. The first kappa shape index (κ1) is 15.9. The molecule has 4 nitrogen and oxygen atoms in total. The molecule has 21 heavy (non-hydrogen) atoms. The summed E-state index contributed by atoms with van der Waals surface area (Å²) in [6.07, 6.45) is 0.219. The zero-order valence-electron chi connectivity index (χ0n) is 12.3. The average molecular weight is 302 g/mol. The monoisotopic (exact) mass is 302 g/mol. The van der Waals surface area contributed by atoms with Crippen molar-refractivity contribution in [2.24, 2.45) is 0 Å². The van der Waals surface area contributed by atoms with Crippen molar-refractivity contribution in [2.45, 2.75) is 57.7 Å². The van der Waals surface area contributed by atoms with Gasteiger partial charge in [-0.05, 0) is 32.1 Å². The van der Waals surface area contributed by atoms with E-state index in [1.165, 1.54) is 0 Å². The van der Waals surface area contributed by atoms with Gasteiger partial charge < -0.3 is 10.6 Å². The number of aromatic nitrogens is 2. The Balaban J connectivity index is 2.26. The third-order valence-corrected chi connectivity index (χ3v) is 3.93. The minimum Gasteiger partial charge on any atom is -0.364 e. The van der Waals surface area contributed by atoms with Crippen LogP contribution in [0.2, 0.25) is 0 Å². The number of hydrogen-bond acceptors (Lipinski definition) is 4. The first-order valence-corrected chi connectivity index (χ1v) is 7.37. The van der Waals surface area contributed by atoms with Gasteiger partial charge in [-0.1, -0.05) is 13.8 Å². The fraction of sp³-hybridized carbons (Fsp3) is 0.714. The van der Waals surface area contributed by atoms with Crippen molar-refractivity contribution in [3.63, 3.8) is 0 Å². The minimum absolute atomic E-state index is 0.0275. The first-order valence-electron chi connectivity index (χ1n) is 7.37. The number of hydrogen-bond donors (Lipinski definition) is 2. The van der Waals surface area contributed by atoms with Crippen molar-refractivity contribution in [3.8, 4) is 0 Å². The van der Waals surface area contributed by atoms with E-state index in [1.807, 2.05) is 13.8 Å². The molecule has 0 bridgehead atoms. The average Bonchev–Trinajstić information content (AvgIpc) is 2.39. The zero-order valence-corrected chi connectivity index (χ0v) is 12.3. The molecule has 2 rings (SSSR count). The highest BCUT2D eigenvalue weighted by Crippen LogP contribution is 2.38. The predicted octanol–water partition coefficient (Wildman–Crippen LogP) is 4.06. The van der Waals surface area contributed by atoms with Crippen LogP contribution in [0.3, 0.4) is 0 Å². The fourth-order valence-electron chi connectivity index (χ4n) is 2.41. The Hall–Kier alpha value is -1.53. The van der Waals surface area contributed by atoms with Crippen molar-refractivity contribution >= 4 is 11.8 Å². The smallest absolute Gasteiger partial charge is 0.364 e. The molecule has 1 fully saturated rings. The van der Waals surface area contributed by atoms with E-state index < -0.39 is 11.9 Å². The lowest BCUT2D eigenvalue weighted by atomic mass is 9.75. The molecule has 0 atom stereocenters. The molecule has 0 spiro atoms. The third-order valence-electron chi connectivity index (χ3n) is 3.93. The Labute approximate surface area is 122 Å². The summed E-state index contributed by atoms with van der Waals surface area (Å²) in [7, 11) is 0. The SMILES string of the molecule is CCCNc1nc(NC2(CC)CCC2)cc(C(F)(F)F)n1. The quantitative estimate of drug-likeness (QED) is 0.832. The summed E-state index contributed by atoms with van der Waals surface area (Å²) in [4.78, 5) is 7.72. The number of nitrogens with one attached hydrogen (secondary N) is 2. The number of anilines is 2. The highest BCUT2D eigenvalue weighted by atomic mass is 19.4. The molecule has 2 N–H and O–H groups in total. The van der Waals surface area contributed by atoms with Crippen LogP contribution in [-0.4, -0.2) is 22.1 Å². The van der Waals surface area contributed by atoms with Crippen molar-refractivity contribution in [2.75, 3.05) is 17.2 Å². The second kappa shape index (κ2) is 6.07. The van der Waals surface area contributed by atoms with Crippen LogP contribution < -0.4 is 10.6 Å². The van der Waals surface area contributed by atoms with Gasteiger partial charge in [-0.15, -0.1) is 0 Å². The molecule has 1 saturated carbocycles. The van der Waals surface area contributed by atoms with Crippen LogP contribution in [0.15, 0.2) is 6.07 Å². The van der Waals surface area contributed by atoms with E-state index in [2.05, 4.69) is 20.6 Å². The number of rotatable bonds is 6. The Morgan fingerprint density at radius 3 is 2.43 bits per heavy atom. The molecule has 1 aromatic rings. The topological polar surface area (TPSA) is 49.8 Å². The van der Waals surface area contributed by atoms with Gasteiger partial charge >= 0.3 is 6.18 Å². The van der Waals surface area contributed by atoms with Crippen LogP contribution in [0.4, 0.5) is 24.9 Å². The lowest BCUT2D eigenvalue weighted by Crippen LogP contribution is -2.44. The molecular weight excluding hydrogens is 281 g/mol. The van der Waals surface area contributed by atoms with Gasteiger partial charge in [0, 0.05) is 18.2 Å². The second-order valence-corrected chi connectivity index (χ2v) is 5.50. The van der Waals surface area contributed by atoms with E-state index in [0.29, 0.717) is 6.54 Å². The van der Waals surface area contributed by atoms with Crippen LogP contribution in [-0.2, 0) is 6.18 Å². The van der Waals surface area contributed by atoms with Gasteiger partial charge in [-0.2, -0.15) is 18.2 Å². The molecular formula is C14H21F3N4. The van der Waals surface area contributed by atoms with Crippen molar-refractivity contribution in [1.82, 2.24) is 9.97 Å². The molecule has 0 amide bonds. The highest BCUT2D eigenvalue weighted by molar-refractivity contribution is 5.45. The van der Waals surface area contributed by atoms with Gasteiger partial charge in [0.25, 0.3) is 0 Å². The third kappa shape index (κ3) is 3.77. The molecule has 1 aliphatic carbocycles. The molecule has 7 heteroatoms. The molecule has 118 valence electrons. The fourth-order valence-corrected chi connectivity index (χ4v) is 2.41. The Kier molecular flexibility index (Phi) is 4.58. The van der Waals surface area contributed by atoms with Gasteiger partial charge in [0.05, 0.1) is 0 Å². The van der Waals surface area contributed by atoms with E-state index in [1.54, 1.807) is 0 Å². The summed E-state index contributed by atoms with van der Waals surface area (Å²) >= 11 is 0. The highest BCUT2D eigenvalue weighted by Gasteiger charge is 2.37. The zero-order chi connectivity index (χ0) is 15.5. The predicted molar refractivity (Wildman–Crippen MR) is 76.3 cm³/mol.